The Bertz CT molecular complexity index is 624. The third-order valence-corrected chi connectivity index (χ3v) is 2.47. The number of aryl methyl sites for hydroxylation is 1. The number of oxazole rings is 1. The van der Waals surface area contributed by atoms with Crippen LogP contribution in [0, 0.1) is 0 Å². The largest absolute Gasteiger partial charge is 0.419 e. The number of anilines is 1. The quantitative estimate of drug-likeness (QED) is 0.789. The maximum absolute atomic E-state index is 11.4. The Hall–Kier alpha value is -2.08. The number of rotatable bonds is 2. The van der Waals surface area contributed by atoms with Gasteiger partial charge in [-0.25, -0.2) is 4.79 Å². The van der Waals surface area contributed by atoms with Gasteiger partial charge in [0.15, 0.2) is 5.58 Å². The fourth-order valence-corrected chi connectivity index (χ4v) is 1.47. The second-order valence-electron chi connectivity index (χ2n) is 3.89. The number of nitrogens with two attached hydrogens (primary N) is 1. The van der Waals surface area contributed by atoms with Crippen molar-refractivity contribution in [1.82, 2.24) is 4.57 Å². The first-order chi connectivity index (χ1) is 7.99. The second-order valence-corrected chi connectivity index (χ2v) is 3.89. The first-order valence-corrected chi connectivity index (χ1v) is 5.15. The highest BCUT2D eigenvalue weighted by Gasteiger charge is 2.10. The summed E-state index contributed by atoms with van der Waals surface area (Å²) in [7, 11) is 1.62. The molecule has 1 amide bonds. The van der Waals surface area contributed by atoms with E-state index in [0.29, 0.717) is 16.8 Å². The average Bonchev–Trinajstić information content (AvgIpc) is 2.54. The van der Waals surface area contributed by atoms with Crippen molar-refractivity contribution in [1.29, 1.82) is 0 Å². The van der Waals surface area contributed by atoms with E-state index in [0.717, 1.165) is 0 Å². The Morgan fingerprint density at radius 1 is 1.53 bits per heavy atom. The van der Waals surface area contributed by atoms with Crippen molar-refractivity contribution in [3.05, 3.63) is 28.7 Å². The molecule has 0 saturated heterocycles. The minimum absolute atomic E-state index is 0.289. The molecule has 2 aromatic rings. The molecule has 1 atom stereocenters. The molecule has 6 nitrogen and oxygen atoms in total. The van der Waals surface area contributed by atoms with E-state index in [-0.39, 0.29) is 5.91 Å². The van der Waals surface area contributed by atoms with Gasteiger partial charge in [0, 0.05) is 18.8 Å². The Balaban J connectivity index is 2.39. The molecule has 2 rings (SSSR count). The second kappa shape index (κ2) is 4.06. The number of fused-ring (bicyclic) bond motifs is 1. The van der Waals surface area contributed by atoms with Crippen molar-refractivity contribution in [3.8, 4) is 0 Å². The standard InChI is InChI=1S/C11H13N3O3/c1-6(12)10(15)13-7-3-4-8-9(5-7)17-11(16)14(8)2/h3-6H,12H2,1-2H3,(H,13,15)/t6-/m0/s1. The van der Waals surface area contributed by atoms with Crippen LogP contribution >= 0.6 is 0 Å². The van der Waals surface area contributed by atoms with Gasteiger partial charge >= 0.3 is 5.76 Å². The molecular formula is C11H13N3O3. The lowest BCUT2D eigenvalue weighted by molar-refractivity contribution is -0.117. The number of nitrogens with zero attached hydrogens (tertiary/aromatic N) is 1. The summed E-state index contributed by atoms with van der Waals surface area (Å²) in [5.41, 5.74) is 7.09. The molecule has 0 fully saturated rings. The van der Waals surface area contributed by atoms with Crippen LogP contribution in [0.25, 0.3) is 11.1 Å². The first kappa shape index (κ1) is 11.4. The lowest BCUT2D eigenvalue weighted by Gasteiger charge is -2.07. The highest BCUT2D eigenvalue weighted by molar-refractivity contribution is 5.95. The average molecular weight is 235 g/mol. The zero-order chi connectivity index (χ0) is 12.6. The van der Waals surface area contributed by atoms with Gasteiger partial charge in [-0.3, -0.25) is 9.36 Å². The van der Waals surface area contributed by atoms with E-state index in [4.69, 9.17) is 10.2 Å². The molecule has 0 aliphatic heterocycles. The Kier molecular flexibility index (Phi) is 2.72. The molecule has 6 heteroatoms. The van der Waals surface area contributed by atoms with Crippen molar-refractivity contribution in [2.75, 3.05) is 5.32 Å². The Labute approximate surface area is 97.0 Å². The van der Waals surface area contributed by atoms with Crippen LogP contribution in [0.2, 0.25) is 0 Å². The molecule has 3 N–H and O–H groups in total. The van der Waals surface area contributed by atoms with Crippen molar-refractivity contribution in [2.45, 2.75) is 13.0 Å². The molecule has 0 unspecified atom stereocenters. The van der Waals surface area contributed by atoms with Gasteiger partial charge in [-0.1, -0.05) is 0 Å². The molecule has 1 aromatic carbocycles. The van der Waals surface area contributed by atoms with Crippen LogP contribution < -0.4 is 16.8 Å². The number of nitrogens with one attached hydrogen (secondary N) is 1. The number of aromatic nitrogens is 1. The fourth-order valence-electron chi connectivity index (χ4n) is 1.47. The molecule has 0 aliphatic carbocycles. The van der Waals surface area contributed by atoms with Crippen LogP contribution in [-0.4, -0.2) is 16.5 Å². The number of amides is 1. The smallest absolute Gasteiger partial charge is 0.408 e. The van der Waals surface area contributed by atoms with Gasteiger partial charge in [-0.2, -0.15) is 0 Å². The fraction of sp³-hybridized carbons (Fsp3) is 0.273. The van der Waals surface area contributed by atoms with Gasteiger partial charge in [0.2, 0.25) is 5.91 Å². The summed E-state index contributed by atoms with van der Waals surface area (Å²) in [6.45, 7) is 1.59. The molecule has 1 heterocycles. The Morgan fingerprint density at radius 2 is 2.24 bits per heavy atom. The molecule has 0 aliphatic rings. The molecule has 90 valence electrons. The zero-order valence-corrected chi connectivity index (χ0v) is 9.56. The van der Waals surface area contributed by atoms with Crippen LogP contribution in [0.5, 0.6) is 0 Å². The van der Waals surface area contributed by atoms with Crippen molar-refractivity contribution >= 4 is 22.7 Å². The monoisotopic (exact) mass is 235 g/mol. The minimum atomic E-state index is -0.589. The SMILES string of the molecule is C[C@H](N)C(=O)Nc1ccc2c(c1)oc(=O)n2C. The summed E-state index contributed by atoms with van der Waals surface area (Å²) in [4.78, 5) is 22.7. The normalized spacial score (nSPS) is 12.6. The summed E-state index contributed by atoms with van der Waals surface area (Å²) in [6, 6.07) is 4.40. The maximum Gasteiger partial charge on any atom is 0.419 e. The molecule has 1 aromatic heterocycles. The van der Waals surface area contributed by atoms with Crippen LogP contribution in [-0.2, 0) is 11.8 Å². The highest BCUT2D eigenvalue weighted by atomic mass is 16.4. The van der Waals surface area contributed by atoms with E-state index in [9.17, 15) is 9.59 Å². The predicted molar refractivity (Wildman–Crippen MR) is 63.7 cm³/mol. The molecule has 17 heavy (non-hydrogen) atoms. The van der Waals surface area contributed by atoms with Crippen LogP contribution in [0.1, 0.15) is 6.92 Å². The third kappa shape index (κ3) is 2.07. The van der Waals surface area contributed by atoms with E-state index < -0.39 is 11.8 Å². The highest BCUT2D eigenvalue weighted by Crippen LogP contribution is 2.17. The van der Waals surface area contributed by atoms with E-state index in [1.165, 1.54) is 4.57 Å². The van der Waals surface area contributed by atoms with Gasteiger partial charge in [-0.05, 0) is 19.1 Å². The molecule has 0 bridgehead atoms. The summed E-state index contributed by atoms with van der Waals surface area (Å²) < 4.78 is 6.40. The summed E-state index contributed by atoms with van der Waals surface area (Å²) >= 11 is 0. The molecular weight excluding hydrogens is 222 g/mol. The number of benzene rings is 1. The lowest BCUT2D eigenvalue weighted by atomic mass is 10.2. The van der Waals surface area contributed by atoms with E-state index in [1.807, 2.05) is 0 Å². The van der Waals surface area contributed by atoms with Crippen molar-refractivity contribution in [2.24, 2.45) is 12.8 Å². The number of hydrogen-bond acceptors (Lipinski definition) is 4. The summed E-state index contributed by atoms with van der Waals surface area (Å²) in [5.74, 6) is -0.724. The number of carbonyl (C=O) groups excluding carboxylic acids is 1. The first-order valence-electron chi connectivity index (χ1n) is 5.15. The topological polar surface area (TPSA) is 90.3 Å². The van der Waals surface area contributed by atoms with Gasteiger partial charge in [0.05, 0.1) is 11.6 Å². The molecule has 0 spiro atoms. The predicted octanol–water partition coefficient (Wildman–Crippen LogP) is 0.417. The van der Waals surface area contributed by atoms with E-state index >= 15 is 0 Å². The summed E-state index contributed by atoms with van der Waals surface area (Å²) in [5, 5.41) is 2.63. The van der Waals surface area contributed by atoms with Crippen LogP contribution in [0.15, 0.2) is 27.4 Å². The van der Waals surface area contributed by atoms with Gasteiger partial charge < -0.3 is 15.5 Å². The Morgan fingerprint density at radius 3 is 2.88 bits per heavy atom. The lowest BCUT2D eigenvalue weighted by Crippen LogP contribution is -2.32. The van der Waals surface area contributed by atoms with Gasteiger partial charge in [0.1, 0.15) is 0 Å². The van der Waals surface area contributed by atoms with Gasteiger partial charge in [-0.15, -0.1) is 0 Å². The summed E-state index contributed by atoms with van der Waals surface area (Å²) in [6.07, 6.45) is 0. The van der Waals surface area contributed by atoms with Gasteiger partial charge in [0.25, 0.3) is 0 Å². The van der Waals surface area contributed by atoms with Crippen LogP contribution in [0.3, 0.4) is 0 Å². The van der Waals surface area contributed by atoms with Crippen molar-refractivity contribution in [3.63, 3.8) is 0 Å². The van der Waals surface area contributed by atoms with Crippen LogP contribution in [0.4, 0.5) is 5.69 Å². The molecule has 0 saturated carbocycles. The zero-order valence-electron chi connectivity index (χ0n) is 9.56. The maximum atomic E-state index is 11.4. The minimum Gasteiger partial charge on any atom is -0.408 e. The number of carbonyl (C=O) groups is 1. The van der Waals surface area contributed by atoms with E-state index in [2.05, 4.69) is 5.32 Å². The molecule has 0 radical (unpaired) electrons. The van der Waals surface area contributed by atoms with Crippen molar-refractivity contribution < 1.29 is 9.21 Å². The van der Waals surface area contributed by atoms with E-state index in [1.54, 1.807) is 32.2 Å². The third-order valence-electron chi connectivity index (χ3n) is 2.47. The number of hydrogen-bond donors (Lipinski definition) is 2.